The number of ether oxygens (including phenoxy) is 1. The number of amides is 1. The molecule has 9 nitrogen and oxygen atoms in total. The summed E-state index contributed by atoms with van der Waals surface area (Å²) in [6.07, 6.45) is -0.348. The molecule has 3 aromatic rings. The van der Waals surface area contributed by atoms with E-state index in [1.807, 2.05) is 13.0 Å². The summed E-state index contributed by atoms with van der Waals surface area (Å²) < 4.78 is 5.27. The van der Waals surface area contributed by atoms with Crippen LogP contribution in [0.2, 0.25) is 0 Å². The largest absolute Gasteiger partial charge is 0.507 e. The maximum atomic E-state index is 13.3. The van der Waals surface area contributed by atoms with E-state index in [2.05, 4.69) is 0 Å². The van der Waals surface area contributed by atoms with Gasteiger partial charge in [-0.25, -0.2) is 4.79 Å². The minimum atomic E-state index is -1.01. The van der Waals surface area contributed by atoms with Gasteiger partial charge in [-0.1, -0.05) is 35.9 Å². The normalized spacial score (nSPS) is 16.8. The Morgan fingerprint density at radius 1 is 1.00 bits per heavy atom. The molecule has 3 aromatic carbocycles. The van der Waals surface area contributed by atoms with E-state index in [1.54, 1.807) is 50.2 Å². The fraction of sp³-hybridized carbons (Fsp3) is 0.179. The number of rotatable bonds is 6. The predicted molar refractivity (Wildman–Crippen MR) is 136 cm³/mol. The van der Waals surface area contributed by atoms with Crippen LogP contribution in [0.5, 0.6) is 0 Å². The molecule has 0 aliphatic carbocycles. The van der Waals surface area contributed by atoms with E-state index in [1.165, 1.54) is 35.2 Å². The van der Waals surface area contributed by atoms with Crippen LogP contribution in [0.3, 0.4) is 0 Å². The van der Waals surface area contributed by atoms with Gasteiger partial charge < -0.3 is 9.84 Å². The van der Waals surface area contributed by atoms with E-state index in [-0.39, 0.29) is 34.2 Å². The van der Waals surface area contributed by atoms with Gasteiger partial charge in [-0.3, -0.25) is 24.6 Å². The Hall–Kier alpha value is -4.79. The second-order valence-corrected chi connectivity index (χ2v) is 8.89. The van der Waals surface area contributed by atoms with Gasteiger partial charge in [0, 0.05) is 23.4 Å². The highest BCUT2D eigenvalue weighted by Crippen LogP contribution is 2.42. The molecule has 1 fully saturated rings. The third-order valence-corrected chi connectivity index (χ3v) is 5.86. The lowest BCUT2D eigenvalue weighted by Gasteiger charge is -2.26. The summed E-state index contributed by atoms with van der Waals surface area (Å²) >= 11 is 0. The highest BCUT2D eigenvalue weighted by Gasteiger charge is 2.47. The maximum Gasteiger partial charge on any atom is 0.338 e. The third kappa shape index (κ3) is 4.97. The topological polar surface area (TPSA) is 127 Å². The fourth-order valence-corrected chi connectivity index (χ4v) is 4.22. The summed E-state index contributed by atoms with van der Waals surface area (Å²) in [5.41, 5.74) is 1.71. The Morgan fingerprint density at radius 2 is 1.68 bits per heavy atom. The smallest absolute Gasteiger partial charge is 0.338 e. The second kappa shape index (κ2) is 10.1. The van der Waals surface area contributed by atoms with Crippen molar-refractivity contribution in [2.75, 3.05) is 4.90 Å². The van der Waals surface area contributed by atoms with E-state index in [0.717, 1.165) is 5.56 Å². The first kappa shape index (κ1) is 25.3. The number of carbonyl (C=O) groups excluding carboxylic acids is 3. The molecule has 4 rings (SSSR count). The molecule has 1 heterocycles. The summed E-state index contributed by atoms with van der Waals surface area (Å²) in [5, 5.41) is 22.2. The number of esters is 1. The molecular formula is C28H24N2O7. The second-order valence-electron chi connectivity index (χ2n) is 8.89. The molecule has 0 saturated carbocycles. The van der Waals surface area contributed by atoms with Crippen molar-refractivity contribution in [3.63, 3.8) is 0 Å². The van der Waals surface area contributed by atoms with E-state index in [0.29, 0.717) is 5.56 Å². The van der Waals surface area contributed by atoms with Gasteiger partial charge in [-0.15, -0.1) is 0 Å². The van der Waals surface area contributed by atoms with Crippen molar-refractivity contribution >= 4 is 34.8 Å². The van der Waals surface area contributed by atoms with Gasteiger partial charge in [0.05, 0.1) is 28.2 Å². The molecule has 0 aromatic heterocycles. The molecule has 188 valence electrons. The molecule has 1 N–H and O–H groups in total. The van der Waals surface area contributed by atoms with Crippen LogP contribution in [-0.2, 0) is 14.3 Å². The molecule has 1 aliphatic heterocycles. The van der Waals surface area contributed by atoms with Crippen molar-refractivity contribution in [3.05, 3.63) is 111 Å². The van der Waals surface area contributed by atoms with Crippen molar-refractivity contribution in [1.82, 2.24) is 0 Å². The van der Waals surface area contributed by atoms with Gasteiger partial charge in [-0.2, -0.15) is 0 Å². The van der Waals surface area contributed by atoms with E-state index in [9.17, 15) is 29.6 Å². The van der Waals surface area contributed by atoms with E-state index in [4.69, 9.17) is 4.74 Å². The van der Waals surface area contributed by atoms with Gasteiger partial charge in [-0.05, 0) is 56.7 Å². The number of nitrogens with zero attached hydrogens (tertiary/aromatic N) is 2. The first-order valence-corrected chi connectivity index (χ1v) is 11.5. The lowest BCUT2D eigenvalue weighted by atomic mass is 9.94. The number of anilines is 1. The van der Waals surface area contributed by atoms with Crippen LogP contribution >= 0.6 is 0 Å². The van der Waals surface area contributed by atoms with Crippen molar-refractivity contribution in [1.29, 1.82) is 0 Å². The van der Waals surface area contributed by atoms with Gasteiger partial charge in [0.1, 0.15) is 5.76 Å². The molecule has 9 heteroatoms. The van der Waals surface area contributed by atoms with Crippen LogP contribution in [0.1, 0.15) is 46.9 Å². The summed E-state index contributed by atoms with van der Waals surface area (Å²) in [7, 11) is 0. The monoisotopic (exact) mass is 500 g/mol. The zero-order chi connectivity index (χ0) is 26.9. The molecule has 1 aliphatic rings. The molecular weight excluding hydrogens is 476 g/mol. The number of Topliss-reactive ketones (excluding diaryl/α,β-unsaturated/α-hetero) is 1. The van der Waals surface area contributed by atoms with Gasteiger partial charge >= 0.3 is 5.97 Å². The first-order chi connectivity index (χ1) is 17.6. The number of aryl methyl sites for hydroxylation is 1. The molecule has 1 unspecified atom stereocenters. The minimum absolute atomic E-state index is 0.149. The van der Waals surface area contributed by atoms with Crippen LogP contribution < -0.4 is 4.90 Å². The number of carbonyl (C=O) groups is 3. The SMILES string of the molecule is Cc1cccc(C2/C(=C(\O)c3ccc([N+](=O)[O-])cc3)C(=O)C(=O)N2c2cccc(C(=O)OC(C)C)c2)c1. The molecule has 1 atom stereocenters. The first-order valence-electron chi connectivity index (χ1n) is 11.5. The van der Waals surface area contributed by atoms with E-state index < -0.39 is 34.4 Å². The highest BCUT2D eigenvalue weighted by molar-refractivity contribution is 6.51. The summed E-state index contributed by atoms with van der Waals surface area (Å²) in [6, 6.07) is 17.4. The van der Waals surface area contributed by atoms with E-state index >= 15 is 0 Å². The Morgan fingerprint density at radius 3 is 2.30 bits per heavy atom. The number of aliphatic hydroxyl groups is 1. The van der Waals surface area contributed by atoms with Gasteiger partial charge in [0.15, 0.2) is 0 Å². The Kier molecular flexibility index (Phi) is 6.88. The number of nitro benzene ring substituents is 1. The number of non-ortho nitro benzene ring substituents is 1. The van der Waals surface area contributed by atoms with Crippen molar-refractivity contribution in [3.8, 4) is 0 Å². The molecule has 0 radical (unpaired) electrons. The minimum Gasteiger partial charge on any atom is -0.507 e. The van der Waals surface area contributed by atoms with Gasteiger partial charge in [0.25, 0.3) is 17.4 Å². The lowest BCUT2D eigenvalue weighted by molar-refractivity contribution is -0.384. The molecule has 37 heavy (non-hydrogen) atoms. The average molecular weight is 501 g/mol. The standard InChI is InChI=1S/C28H24N2O7/c1-16(2)37-28(34)20-8-5-9-22(15-20)29-24(19-7-4-6-17(3)14-19)23(26(32)27(29)33)25(31)18-10-12-21(13-11-18)30(35)36/h4-16,24,31H,1-3H3/b25-23+. The summed E-state index contributed by atoms with van der Waals surface area (Å²) in [6.45, 7) is 5.29. The van der Waals surface area contributed by atoms with Gasteiger partial charge in [0.2, 0.25) is 0 Å². The number of hydrogen-bond donors (Lipinski definition) is 1. The zero-order valence-corrected chi connectivity index (χ0v) is 20.4. The Balaban J connectivity index is 1.88. The van der Waals surface area contributed by atoms with Crippen molar-refractivity contribution in [2.45, 2.75) is 32.9 Å². The average Bonchev–Trinajstić information content (AvgIpc) is 3.13. The summed E-state index contributed by atoms with van der Waals surface area (Å²) in [4.78, 5) is 50.8. The number of benzene rings is 3. The number of aliphatic hydroxyl groups excluding tert-OH is 1. The third-order valence-electron chi connectivity index (χ3n) is 5.86. The van der Waals surface area contributed by atoms with Crippen LogP contribution in [0, 0.1) is 17.0 Å². The van der Waals surface area contributed by atoms with Crippen LogP contribution in [-0.4, -0.2) is 33.8 Å². The van der Waals surface area contributed by atoms with Crippen molar-refractivity contribution in [2.24, 2.45) is 0 Å². The fourth-order valence-electron chi connectivity index (χ4n) is 4.22. The lowest BCUT2D eigenvalue weighted by Crippen LogP contribution is -2.29. The predicted octanol–water partition coefficient (Wildman–Crippen LogP) is 5.09. The molecule has 1 amide bonds. The number of nitro groups is 1. The number of ketones is 1. The Bertz CT molecular complexity index is 1440. The molecule has 0 spiro atoms. The summed E-state index contributed by atoms with van der Waals surface area (Å²) in [5.74, 6) is -2.84. The maximum absolute atomic E-state index is 13.3. The Labute approximate surface area is 212 Å². The van der Waals surface area contributed by atoms with Crippen LogP contribution in [0.4, 0.5) is 11.4 Å². The number of hydrogen-bond acceptors (Lipinski definition) is 7. The van der Waals surface area contributed by atoms with Crippen LogP contribution in [0.15, 0.2) is 78.4 Å². The quantitative estimate of drug-likeness (QED) is 0.125. The molecule has 0 bridgehead atoms. The molecule has 1 saturated heterocycles. The highest BCUT2D eigenvalue weighted by atomic mass is 16.6. The van der Waals surface area contributed by atoms with Crippen LogP contribution in [0.25, 0.3) is 5.76 Å². The van der Waals surface area contributed by atoms with Crippen molar-refractivity contribution < 1.29 is 29.2 Å². The zero-order valence-electron chi connectivity index (χ0n) is 20.4.